The molecule has 0 amide bonds. The predicted octanol–water partition coefficient (Wildman–Crippen LogP) is 1.93. The van der Waals surface area contributed by atoms with E-state index in [9.17, 15) is 0 Å². The average molecular weight is 229 g/mol. The Bertz CT molecular complexity index is 516. The van der Waals surface area contributed by atoms with Gasteiger partial charge in [-0.15, -0.1) is 0 Å². The lowest BCUT2D eigenvalue weighted by Gasteiger charge is -2.00. The molecule has 86 valence electrons. The van der Waals surface area contributed by atoms with Crippen molar-refractivity contribution in [3.05, 3.63) is 24.5 Å². The topological polar surface area (TPSA) is 88.5 Å². The molecule has 0 spiro atoms. The molecule has 2 rings (SSSR count). The van der Waals surface area contributed by atoms with E-state index >= 15 is 0 Å². The quantitative estimate of drug-likeness (QED) is 0.795. The molecule has 1 unspecified atom stereocenters. The zero-order valence-electron chi connectivity index (χ0n) is 9.37. The molecule has 2 aromatic rings. The Kier molecular flexibility index (Phi) is 3.40. The first kappa shape index (κ1) is 11.2. The van der Waals surface area contributed by atoms with Gasteiger partial charge in [0, 0.05) is 24.7 Å². The van der Waals surface area contributed by atoms with E-state index in [-0.39, 0.29) is 5.92 Å². The molecule has 0 saturated carbocycles. The highest BCUT2D eigenvalue weighted by Crippen LogP contribution is 2.20. The maximum atomic E-state index is 8.51. The van der Waals surface area contributed by atoms with Gasteiger partial charge in [-0.1, -0.05) is 12.1 Å². The van der Waals surface area contributed by atoms with Gasteiger partial charge in [0.1, 0.15) is 5.69 Å². The van der Waals surface area contributed by atoms with Gasteiger partial charge in [0.25, 0.3) is 0 Å². The molecule has 2 heterocycles. The molecular formula is C11H11N5O. The van der Waals surface area contributed by atoms with E-state index in [2.05, 4.69) is 26.2 Å². The molecule has 17 heavy (non-hydrogen) atoms. The van der Waals surface area contributed by atoms with Crippen LogP contribution in [0.1, 0.15) is 31.6 Å². The van der Waals surface area contributed by atoms with Crippen LogP contribution >= 0.6 is 0 Å². The Morgan fingerprint density at radius 1 is 1.47 bits per heavy atom. The summed E-state index contributed by atoms with van der Waals surface area (Å²) in [4.78, 5) is 12.3. The fraction of sp³-hybridized carbons (Fsp3) is 0.364. The van der Waals surface area contributed by atoms with Crippen molar-refractivity contribution in [1.82, 2.24) is 20.1 Å². The van der Waals surface area contributed by atoms with Crippen LogP contribution in [-0.4, -0.2) is 20.1 Å². The molecule has 0 radical (unpaired) electrons. The molecule has 0 saturated heterocycles. The van der Waals surface area contributed by atoms with Gasteiger partial charge in [0.15, 0.2) is 0 Å². The van der Waals surface area contributed by atoms with Crippen LogP contribution < -0.4 is 0 Å². The third-order valence-electron chi connectivity index (χ3n) is 2.34. The van der Waals surface area contributed by atoms with Gasteiger partial charge in [0.2, 0.25) is 11.7 Å². The summed E-state index contributed by atoms with van der Waals surface area (Å²) in [5.74, 6) is 1.03. The lowest BCUT2D eigenvalue weighted by Crippen LogP contribution is -1.93. The van der Waals surface area contributed by atoms with Crippen LogP contribution in [-0.2, 0) is 0 Å². The van der Waals surface area contributed by atoms with E-state index in [1.807, 2.05) is 6.92 Å². The summed E-state index contributed by atoms with van der Waals surface area (Å²) >= 11 is 0. The zero-order valence-corrected chi connectivity index (χ0v) is 9.37. The summed E-state index contributed by atoms with van der Waals surface area (Å²) in [6.07, 6.45) is 5.92. The van der Waals surface area contributed by atoms with Gasteiger partial charge < -0.3 is 4.52 Å². The van der Waals surface area contributed by atoms with Crippen molar-refractivity contribution < 1.29 is 4.52 Å². The fourth-order valence-corrected chi connectivity index (χ4v) is 1.36. The molecule has 1 atom stereocenters. The van der Waals surface area contributed by atoms with Crippen molar-refractivity contribution in [3.8, 4) is 17.6 Å². The smallest absolute Gasteiger partial charge is 0.229 e. The van der Waals surface area contributed by atoms with Crippen molar-refractivity contribution in [2.45, 2.75) is 25.7 Å². The number of hydrogen-bond acceptors (Lipinski definition) is 6. The van der Waals surface area contributed by atoms with E-state index in [0.717, 1.165) is 0 Å². The minimum atomic E-state index is 0.0765. The third kappa shape index (κ3) is 2.64. The van der Waals surface area contributed by atoms with Gasteiger partial charge >= 0.3 is 0 Å². The van der Waals surface area contributed by atoms with Gasteiger partial charge in [0.05, 0.1) is 12.3 Å². The van der Waals surface area contributed by atoms with Crippen LogP contribution in [0.5, 0.6) is 0 Å². The fourth-order valence-electron chi connectivity index (χ4n) is 1.36. The van der Waals surface area contributed by atoms with Crippen molar-refractivity contribution in [2.24, 2.45) is 0 Å². The van der Waals surface area contributed by atoms with E-state index in [1.54, 1.807) is 18.6 Å². The summed E-state index contributed by atoms with van der Waals surface area (Å²) < 4.78 is 5.14. The Labute approximate surface area is 98.3 Å². The molecule has 0 aliphatic heterocycles. The normalized spacial score (nSPS) is 12.0. The number of hydrogen-bond donors (Lipinski definition) is 0. The Hall–Kier alpha value is -2.29. The van der Waals surface area contributed by atoms with Crippen molar-refractivity contribution in [1.29, 1.82) is 5.26 Å². The summed E-state index contributed by atoms with van der Waals surface area (Å²) in [5.41, 5.74) is 0.579. The van der Waals surface area contributed by atoms with Crippen LogP contribution in [0.2, 0.25) is 0 Å². The molecule has 6 nitrogen and oxygen atoms in total. The maximum absolute atomic E-state index is 8.51. The first-order valence-corrected chi connectivity index (χ1v) is 5.28. The van der Waals surface area contributed by atoms with E-state index < -0.39 is 0 Å². The van der Waals surface area contributed by atoms with Crippen LogP contribution in [0, 0.1) is 11.3 Å². The van der Waals surface area contributed by atoms with Gasteiger partial charge in [-0.25, -0.2) is 4.98 Å². The van der Waals surface area contributed by atoms with Crippen LogP contribution in [0.15, 0.2) is 23.1 Å². The minimum Gasteiger partial charge on any atom is -0.339 e. The lowest BCUT2D eigenvalue weighted by atomic mass is 10.1. The second-order valence-electron chi connectivity index (χ2n) is 3.64. The predicted molar refractivity (Wildman–Crippen MR) is 58.6 cm³/mol. The van der Waals surface area contributed by atoms with Crippen molar-refractivity contribution >= 4 is 0 Å². The molecule has 0 aliphatic rings. The summed E-state index contributed by atoms with van der Waals surface area (Å²) in [7, 11) is 0. The second kappa shape index (κ2) is 5.16. The highest BCUT2D eigenvalue weighted by atomic mass is 16.5. The van der Waals surface area contributed by atoms with E-state index in [4.69, 9.17) is 9.78 Å². The van der Waals surface area contributed by atoms with Crippen LogP contribution in [0.3, 0.4) is 0 Å². The van der Waals surface area contributed by atoms with Gasteiger partial charge in [-0.2, -0.15) is 10.2 Å². The number of nitriles is 1. The van der Waals surface area contributed by atoms with Crippen LogP contribution in [0.4, 0.5) is 0 Å². The molecule has 6 heteroatoms. The molecule has 0 N–H and O–H groups in total. The first-order chi connectivity index (χ1) is 8.31. The molecule has 2 aromatic heterocycles. The second-order valence-corrected chi connectivity index (χ2v) is 3.64. The Balaban J connectivity index is 2.14. The van der Waals surface area contributed by atoms with Crippen molar-refractivity contribution in [3.63, 3.8) is 0 Å². The van der Waals surface area contributed by atoms with E-state index in [1.165, 1.54) is 0 Å². The lowest BCUT2D eigenvalue weighted by molar-refractivity contribution is 0.355. The standard InChI is InChI=1S/C11H11N5O/c1-8(3-2-4-12)11-15-10(16-17-11)9-7-13-5-6-14-9/h5-8H,2-3H2,1H3. The van der Waals surface area contributed by atoms with E-state index in [0.29, 0.717) is 30.3 Å². The molecule has 0 fully saturated rings. The summed E-state index contributed by atoms with van der Waals surface area (Å²) in [5, 5.41) is 12.4. The van der Waals surface area contributed by atoms with Crippen LogP contribution in [0.25, 0.3) is 11.5 Å². The van der Waals surface area contributed by atoms with Gasteiger partial charge in [-0.05, 0) is 6.42 Å². The summed E-state index contributed by atoms with van der Waals surface area (Å²) in [6, 6.07) is 2.09. The number of rotatable bonds is 4. The minimum absolute atomic E-state index is 0.0765. The number of aromatic nitrogens is 4. The maximum Gasteiger partial charge on any atom is 0.229 e. The van der Waals surface area contributed by atoms with Crippen molar-refractivity contribution in [2.75, 3.05) is 0 Å². The molecule has 0 aliphatic carbocycles. The zero-order chi connectivity index (χ0) is 12.1. The Morgan fingerprint density at radius 3 is 3.06 bits per heavy atom. The highest BCUT2D eigenvalue weighted by molar-refractivity contribution is 5.45. The SMILES string of the molecule is CC(CCC#N)c1nc(-c2cnccn2)no1. The average Bonchev–Trinajstić information content (AvgIpc) is 2.86. The highest BCUT2D eigenvalue weighted by Gasteiger charge is 2.15. The Morgan fingerprint density at radius 2 is 2.35 bits per heavy atom. The van der Waals surface area contributed by atoms with Gasteiger partial charge in [-0.3, -0.25) is 4.98 Å². The molecule has 0 bridgehead atoms. The largest absolute Gasteiger partial charge is 0.339 e. The molecule has 0 aromatic carbocycles. The first-order valence-electron chi connectivity index (χ1n) is 5.28. The number of nitrogens with zero attached hydrogens (tertiary/aromatic N) is 5. The summed E-state index contributed by atoms with van der Waals surface area (Å²) in [6.45, 7) is 1.95. The molecular weight excluding hydrogens is 218 g/mol. The third-order valence-corrected chi connectivity index (χ3v) is 2.34. The monoisotopic (exact) mass is 229 g/mol.